The summed E-state index contributed by atoms with van der Waals surface area (Å²) in [4.78, 5) is 0. The summed E-state index contributed by atoms with van der Waals surface area (Å²) >= 11 is 0. The van der Waals surface area contributed by atoms with Crippen molar-refractivity contribution in [1.82, 2.24) is 14.3 Å². The lowest BCUT2D eigenvalue weighted by atomic mass is 9.96. The molecular formula is C12H25N3O2S. The molecule has 2 atom stereocenters. The van der Waals surface area contributed by atoms with E-state index in [0.717, 1.165) is 45.2 Å². The molecule has 106 valence electrons. The maximum absolute atomic E-state index is 12.3. The first kappa shape index (κ1) is 14.2. The topological polar surface area (TPSA) is 61.4 Å². The van der Waals surface area contributed by atoms with E-state index >= 15 is 0 Å². The number of piperidine rings is 1. The molecule has 2 saturated heterocycles. The molecule has 5 nitrogen and oxygen atoms in total. The molecule has 0 bridgehead atoms. The van der Waals surface area contributed by atoms with Crippen LogP contribution in [0.25, 0.3) is 0 Å². The lowest BCUT2D eigenvalue weighted by Gasteiger charge is -2.32. The van der Waals surface area contributed by atoms with Gasteiger partial charge >= 0.3 is 0 Å². The van der Waals surface area contributed by atoms with Crippen LogP contribution in [0.5, 0.6) is 0 Å². The Morgan fingerprint density at radius 1 is 1.17 bits per heavy atom. The smallest absolute Gasteiger partial charge is 0.279 e. The first-order chi connectivity index (χ1) is 8.59. The van der Waals surface area contributed by atoms with E-state index < -0.39 is 10.2 Å². The molecule has 0 saturated carbocycles. The van der Waals surface area contributed by atoms with Crippen molar-refractivity contribution in [3.05, 3.63) is 0 Å². The highest BCUT2D eigenvalue weighted by Crippen LogP contribution is 2.16. The second kappa shape index (κ2) is 6.32. The third-order valence-electron chi connectivity index (χ3n) is 4.03. The monoisotopic (exact) mass is 275 g/mol. The molecule has 0 radical (unpaired) electrons. The number of nitrogens with zero attached hydrogens (tertiary/aromatic N) is 1. The maximum atomic E-state index is 12.3. The molecular weight excluding hydrogens is 250 g/mol. The van der Waals surface area contributed by atoms with Crippen molar-refractivity contribution >= 4 is 10.2 Å². The zero-order chi connectivity index (χ0) is 13.0. The Labute approximate surface area is 110 Å². The van der Waals surface area contributed by atoms with Gasteiger partial charge in [-0.05, 0) is 31.7 Å². The molecule has 18 heavy (non-hydrogen) atoms. The van der Waals surface area contributed by atoms with Gasteiger partial charge in [0, 0.05) is 25.7 Å². The molecule has 2 aliphatic heterocycles. The van der Waals surface area contributed by atoms with Gasteiger partial charge in [-0.25, -0.2) is 0 Å². The van der Waals surface area contributed by atoms with E-state index in [-0.39, 0.29) is 6.04 Å². The lowest BCUT2D eigenvalue weighted by molar-refractivity contribution is 0.316. The molecule has 0 aromatic rings. The summed E-state index contributed by atoms with van der Waals surface area (Å²) in [5.74, 6) is 0.410. The largest absolute Gasteiger partial charge is 0.315 e. The van der Waals surface area contributed by atoms with E-state index in [4.69, 9.17) is 0 Å². The fourth-order valence-corrected chi connectivity index (χ4v) is 4.28. The van der Waals surface area contributed by atoms with E-state index in [1.54, 1.807) is 4.31 Å². The maximum Gasteiger partial charge on any atom is 0.279 e. The minimum Gasteiger partial charge on any atom is -0.315 e. The van der Waals surface area contributed by atoms with Gasteiger partial charge in [0.25, 0.3) is 10.2 Å². The SMILES string of the molecule is CC1CCNCC1NS(=O)(=O)N1CCCCCC1. The van der Waals surface area contributed by atoms with Crippen LogP contribution in [0, 0.1) is 5.92 Å². The van der Waals surface area contributed by atoms with Gasteiger partial charge < -0.3 is 5.32 Å². The van der Waals surface area contributed by atoms with E-state index in [2.05, 4.69) is 17.0 Å². The van der Waals surface area contributed by atoms with E-state index in [9.17, 15) is 8.42 Å². The van der Waals surface area contributed by atoms with Gasteiger partial charge in [0.2, 0.25) is 0 Å². The van der Waals surface area contributed by atoms with Crippen LogP contribution in [0.1, 0.15) is 39.0 Å². The Hall–Kier alpha value is -0.170. The highest BCUT2D eigenvalue weighted by atomic mass is 32.2. The van der Waals surface area contributed by atoms with Crippen LogP contribution in [0.4, 0.5) is 0 Å². The average Bonchev–Trinajstić information content (AvgIpc) is 2.61. The van der Waals surface area contributed by atoms with Crippen LogP contribution >= 0.6 is 0 Å². The van der Waals surface area contributed by atoms with Crippen LogP contribution in [-0.4, -0.2) is 44.9 Å². The molecule has 0 spiro atoms. The third-order valence-corrected chi connectivity index (χ3v) is 5.68. The van der Waals surface area contributed by atoms with Crippen LogP contribution < -0.4 is 10.0 Å². The predicted molar refractivity (Wildman–Crippen MR) is 72.5 cm³/mol. The predicted octanol–water partition coefficient (Wildman–Crippen LogP) is 0.695. The van der Waals surface area contributed by atoms with Crippen molar-refractivity contribution in [3.8, 4) is 0 Å². The molecule has 0 aromatic carbocycles. The summed E-state index contributed by atoms with van der Waals surface area (Å²) in [6.45, 7) is 5.20. The van der Waals surface area contributed by atoms with Crippen molar-refractivity contribution < 1.29 is 8.42 Å². The molecule has 2 fully saturated rings. The first-order valence-corrected chi connectivity index (χ1v) is 8.52. The molecule has 0 amide bonds. The van der Waals surface area contributed by atoms with Gasteiger partial charge in [-0.1, -0.05) is 19.8 Å². The number of nitrogens with one attached hydrogen (secondary N) is 2. The summed E-state index contributed by atoms with van der Waals surface area (Å²) in [5.41, 5.74) is 0. The van der Waals surface area contributed by atoms with Gasteiger partial charge in [-0.2, -0.15) is 17.4 Å². The molecule has 6 heteroatoms. The van der Waals surface area contributed by atoms with E-state index in [1.165, 1.54) is 0 Å². The molecule has 0 aliphatic carbocycles. The summed E-state index contributed by atoms with van der Waals surface area (Å²) in [6, 6.07) is 0.0343. The fraction of sp³-hybridized carbons (Fsp3) is 1.00. The minimum absolute atomic E-state index is 0.0343. The molecule has 2 rings (SSSR count). The summed E-state index contributed by atoms with van der Waals surface area (Å²) in [6.07, 6.45) is 5.30. The second-order valence-corrected chi connectivity index (χ2v) is 7.21. The molecule has 2 aliphatic rings. The van der Waals surface area contributed by atoms with Gasteiger partial charge in [0.1, 0.15) is 0 Å². The lowest BCUT2D eigenvalue weighted by Crippen LogP contribution is -2.54. The molecule has 2 heterocycles. The highest BCUT2D eigenvalue weighted by Gasteiger charge is 2.29. The summed E-state index contributed by atoms with van der Waals surface area (Å²) in [5, 5.41) is 3.26. The second-order valence-electron chi connectivity index (χ2n) is 5.51. The molecule has 2 N–H and O–H groups in total. The van der Waals surface area contributed by atoms with Crippen LogP contribution in [0.15, 0.2) is 0 Å². The minimum atomic E-state index is -3.30. The summed E-state index contributed by atoms with van der Waals surface area (Å²) < 4.78 is 29.2. The fourth-order valence-electron chi connectivity index (χ4n) is 2.70. The van der Waals surface area contributed by atoms with E-state index in [0.29, 0.717) is 19.0 Å². The van der Waals surface area contributed by atoms with Crippen LogP contribution in [0.2, 0.25) is 0 Å². The zero-order valence-corrected chi connectivity index (χ0v) is 12.0. The number of hydrogen-bond donors (Lipinski definition) is 2. The standard InChI is InChI=1S/C12H25N3O2S/c1-11-6-7-13-10-12(11)14-18(16,17)15-8-4-2-3-5-9-15/h11-14H,2-10H2,1H3. The number of hydrogen-bond acceptors (Lipinski definition) is 3. The molecule has 0 aromatic heterocycles. The van der Waals surface area contributed by atoms with E-state index in [1.807, 2.05) is 0 Å². The molecule has 2 unspecified atom stereocenters. The van der Waals surface area contributed by atoms with Gasteiger partial charge in [0.05, 0.1) is 0 Å². The average molecular weight is 275 g/mol. The Bertz CT molecular complexity index is 350. The Balaban J connectivity index is 1.96. The van der Waals surface area contributed by atoms with Crippen molar-refractivity contribution in [2.45, 2.75) is 45.1 Å². The van der Waals surface area contributed by atoms with Crippen molar-refractivity contribution in [2.24, 2.45) is 5.92 Å². The number of rotatable bonds is 3. The quantitative estimate of drug-likeness (QED) is 0.797. The first-order valence-electron chi connectivity index (χ1n) is 7.08. The van der Waals surface area contributed by atoms with Gasteiger partial charge in [0.15, 0.2) is 0 Å². The van der Waals surface area contributed by atoms with Crippen LogP contribution in [0.3, 0.4) is 0 Å². The third kappa shape index (κ3) is 3.66. The zero-order valence-electron chi connectivity index (χ0n) is 11.2. The summed E-state index contributed by atoms with van der Waals surface area (Å²) in [7, 11) is -3.30. The van der Waals surface area contributed by atoms with Crippen molar-refractivity contribution in [1.29, 1.82) is 0 Å². The van der Waals surface area contributed by atoms with Crippen molar-refractivity contribution in [2.75, 3.05) is 26.2 Å². The Morgan fingerprint density at radius 2 is 1.83 bits per heavy atom. The van der Waals surface area contributed by atoms with Gasteiger partial charge in [-0.3, -0.25) is 0 Å². The Morgan fingerprint density at radius 3 is 2.44 bits per heavy atom. The highest BCUT2D eigenvalue weighted by molar-refractivity contribution is 7.87. The van der Waals surface area contributed by atoms with Crippen LogP contribution in [-0.2, 0) is 10.2 Å². The van der Waals surface area contributed by atoms with Crippen molar-refractivity contribution in [3.63, 3.8) is 0 Å². The van der Waals surface area contributed by atoms with Gasteiger partial charge in [-0.15, -0.1) is 0 Å². The normalized spacial score (nSPS) is 32.1. The Kier molecular flexibility index (Phi) is 5.00.